The third-order valence-corrected chi connectivity index (χ3v) is 6.16. The first-order valence-corrected chi connectivity index (χ1v) is 9.48. The second-order valence-corrected chi connectivity index (χ2v) is 7.79. The Hall–Kier alpha value is -1.91. The molecular weight excluding hydrogens is 351 g/mol. The van der Waals surface area contributed by atoms with Crippen LogP contribution in [0.4, 0.5) is 4.39 Å². The topological polar surface area (TPSA) is 41.1 Å². The van der Waals surface area contributed by atoms with Crippen molar-refractivity contribution in [2.24, 2.45) is 11.3 Å². The number of hydrogen-bond donors (Lipinski definition) is 2. The summed E-state index contributed by atoms with van der Waals surface area (Å²) in [5.74, 6) is -0.162. The van der Waals surface area contributed by atoms with Crippen molar-refractivity contribution in [3.05, 3.63) is 70.5 Å². The minimum atomic E-state index is -0.379. The lowest BCUT2D eigenvalue weighted by Gasteiger charge is -2.25. The van der Waals surface area contributed by atoms with Crippen LogP contribution in [0.3, 0.4) is 0 Å². The first-order valence-electron chi connectivity index (χ1n) is 9.10. The zero-order valence-corrected chi connectivity index (χ0v) is 15.2. The third-order valence-electron chi connectivity index (χ3n) is 5.81. The minimum absolute atomic E-state index is 0.0648. The monoisotopic (exact) mass is 372 g/mol. The summed E-state index contributed by atoms with van der Waals surface area (Å²) in [5.41, 5.74) is 1.82. The molecule has 0 aromatic heterocycles. The number of carbonyl (C=O) groups is 1. The van der Waals surface area contributed by atoms with Crippen LogP contribution in [0.1, 0.15) is 36.4 Å². The van der Waals surface area contributed by atoms with Crippen molar-refractivity contribution >= 4 is 17.5 Å². The molecule has 26 heavy (non-hydrogen) atoms. The molecule has 2 atom stereocenters. The molecule has 2 aliphatic rings. The molecule has 3 nitrogen and oxygen atoms in total. The van der Waals surface area contributed by atoms with Crippen molar-refractivity contribution in [3.8, 4) is 0 Å². The van der Waals surface area contributed by atoms with Gasteiger partial charge in [0, 0.05) is 10.9 Å². The Morgan fingerprint density at radius 3 is 2.54 bits per heavy atom. The Bertz CT molecular complexity index is 802. The Morgan fingerprint density at radius 2 is 1.85 bits per heavy atom. The lowest BCUT2D eigenvalue weighted by molar-refractivity contribution is -0.123. The van der Waals surface area contributed by atoms with Crippen LogP contribution in [0.5, 0.6) is 0 Å². The molecule has 5 heteroatoms. The molecule has 1 heterocycles. The molecule has 0 radical (unpaired) electrons. The van der Waals surface area contributed by atoms with Crippen molar-refractivity contribution in [2.45, 2.75) is 25.3 Å². The van der Waals surface area contributed by atoms with Gasteiger partial charge < -0.3 is 10.6 Å². The molecule has 0 bridgehead atoms. The quantitative estimate of drug-likeness (QED) is 0.849. The van der Waals surface area contributed by atoms with E-state index in [0.717, 1.165) is 43.5 Å². The average molecular weight is 373 g/mol. The smallest absolute Gasteiger partial charge is 0.224 e. The van der Waals surface area contributed by atoms with Crippen molar-refractivity contribution in [3.63, 3.8) is 0 Å². The van der Waals surface area contributed by atoms with Crippen molar-refractivity contribution in [1.29, 1.82) is 0 Å². The molecule has 2 aromatic carbocycles. The fourth-order valence-corrected chi connectivity index (χ4v) is 4.39. The second kappa shape index (κ2) is 7.01. The molecule has 2 N–H and O–H groups in total. The average Bonchev–Trinajstić information content (AvgIpc) is 3.35. The van der Waals surface area contributed by atoms with Crippen LogP contribution in [0.15, 0.2) is 48.5 Å². The van der Waals surface area contributed by atoms with Gasteiger partial charge in [0.1, 0.15) is 5.82 Å². The van der Waals surface area contributed by atoms with E-state index in [1.54, 1.807) is 12.1 Å². The van der Waals surface area contributed by atoms with Gasteiger partial charge in [-0.3, -0.25) is 4.79 Å². The van der Waals surface area contributed by atoms with Crippen molar-refractivity contribution < 1.29 is 9.18 Å². The highest BCUT2D eigenvalue weighted by molar-refractivity contribution is 6.31. The van der Waals surface area contributed by atoms with E-state index < -0.39 is 0 Å². The summed E-state index contributed by atoms with van der Waals surface area (Å²) in [6.45, 7) is 1.96. The van der Waals surface area contributed by atoms with Gasteiger partial charge in [0.25, 0.3) is 0 Å². The van der Waals surface area contributed by atoms with E-state index in [1.165, 1.54) is 12.1 Å². The fourth-order valence-electron chi connectivity index (χ4n) is 4.14. The van der Waals surface area contributed by atoms with Crippen LogP contribution < -0.4 is 10.6 Å². The lowest BCUT2D eigenvalue weighted by Crippen LogP contribution is -2.35. The second-order valence-electron chi connectivity index (χ2n) is 7.38. The highest BCUT2D eigenvalue weighted by Crippen LogP contribution is 2.58. The molecule has 1 aliphatic carbocycles. The van der Waals surface area contributed by atoms with E-state index in [4.69, 9.17) is 11.6 Å². The zero-order chi connectivity index (χ0) is 18.1. The van der Waals surface area contributed by atoms with Gasteiger partial charge in [-0.2, -0.15) is 0 Å². The van der Waals surface area contributed by atoms with Crippen LogP contribution in [-0.2, 0) is 4.79 Å². The van der Waals surface area contributed by atoms with Crippen LogP contribution in [0.2, 0.25) is 5.02 Å². The summed E-state index contributed by atoms with van der Waals surface area (Å²) in [5, 5.41) is 7.13. The van der Waals surface area contributed by atoms with Gasteiger partial charge in [0.2, 0.25) is 5.91 Å². The van der Waals surface area contributed by atoms with Gasteiger partial charge >= 0.3 is 0 Å². The predicted molar refractivity (Wildman–Crippen MR) is 100 cm³/mol. The van der Waals surface area contributed by atoms with E-state index in [1.807, 2.05) is 24.3 Å². The van der Waals surface area contributed by atoms with Gasteiger partial charge in [-0.1, -0.05) is 41.9 Å². The van der Waals surface area contributed by atoms with Gasteiger partial charge in [-0.15, -0.1) is 0 Å². The molecule has 4 rings (SSSR count). The number of piperidine rings is 1. The molecule has 1 spiro atoms. The molecule has 1 amide bonds. The van der Waals surface area contributed by atoms with Gasteiger partial charge in [0.15, 0.2) is 0 Å². The highest BCUT2D eigenvalue weighted by Gasteiger charge is 2.57. The summed E-state index contributed by atoms with van der Waals surface area (Å²) < 4.78 is 13.4. The summed E-state index contributed by atoms with van der Waals surface area (Å²) in [6.07, 6.45) is 3.07. The lowest BCUT2D eigenvalue weighted by atomic mass is 9.91. The summed E-state index contributed by atoms with van der Waals surface area (Å²) >= 11 is 6.39. The number of nitrogens with one attached hydrogen (secondary N) is 2. The number of hydrogen-bond acceptors (Lipinski definition) is 2. The van der Waals surface area contributed by atoms with E-state index in [-0.39, 0.29) is 29.1 Å². The maximum absolute atomic E-state index is 13.4. The largest absolute Gasteiger partial charge is 0.345 e. The SMILES string of the molecule is O=C(NC(c1ccc(F)cc1)c1ccccc1Cl)C1CC12CCNCC2. The minimum Gasteiger partial charge on any atom is -0.345 e. The summed E-state index contributed by atoms with van der Waals surface area (Å²) in [4.78, 5) is 13.0. The summed E-state index contributed by atoms with van der Waals surface area (Å²) in [7, 11) is 0. The predicted octanol–water partition coefficient (Wildman–Crippen LogP) is 4.07. The van der Waals surface area contributed by atoms with Gasteiger partial charge in [-0.25, -0.2) is 4.39 Å². The van der Waals surface area contributed by atoms with Gasteiger partial charge in [-0.05, 0) is 67.1 Å². The van der Waals surface area contributed by atoms with E-state index >= 15 is 0 Å². The molecule has 1 saturated heterocycles. The first kappa shape index (κ1) is 17.5. The standard InChI is InChI=1S/C21H22ClFN2O/c22-18-4-2-1-3-16(18)19(14-5-7-15(23)8-6-14)25-20(26)17-13-21(17)9-11-24-12-10-21/h1-8,17,19,24H,9-13H2,(H,25,26). The van der Waals surface area contributed by atoms with Crippen LogP contribution in [0, 0.1) is 17.2 Å². The summed E-state index contributed by atoms with van der Waals surface area (Å²) in [6, 6.07) is 13.3. The first-order chi connectivity index (χ1) is 12.6. The molecule has 2 aromatic rings. The van der Waals surface area contributed by atoms with Crippen LogP contribution >= 0.6 is 11.6 Å². The Labute approximate surface area is 157 Å². The van der Waals surface area contributed by atoms with Crippen molar-refractivity contribution in [2.75, 3.05) is 13.1 Å². The molecule has 136 valence electrons. The Morgan fingerprint density at radius 1 is 1.15 bits per heavy atom. The maximum Gasteiger partial charge on any atom is 0.224 e. The molecule has 2 unspecified atom stereocenters. The highest BCUT2D eigenvalue weighted by atomic mass is 35.5. The maximum atomic E-state index is 13.4. The van der Waals surface area contributed by atoms with Gasteiger partial charge in [0.05, 0.1) is 6.04 Å². The number of rotatable bonds is 4. The number of carbonyl (C=O) groups excluding carboxylic acids is 1. The number of halogens is 2. The fraction of sp³-hybridized carbons (Fsp3) is 0.381. The van der Waals surface area contributed by atoms with E-state index in [9.17, 15) is 9.18 Å². The zero-order valence-electron chi connectivity index (χ0n) is 14.5. The third kappa shape index (κ3) is 3.36. The molecule has 1 saturated carbocycles. The van der Waals surface area contributed by atoms with Crippen molar-refractivity contribution in [1.82, 2.24) is 10.6 Å². The molecular formula is C21H22ClFN2O. The van der Waals surface area contributed by atoms with Crippen LogP contribution in [0.25, 0.3) is 0 Å². The normalized spacial score (nSPS) is 22.0. The molecule has 1 aliphatic heterocycles. The Balaban J connectivity index is 1.58. The van der Waals surface area contributed by atoms with Crippen LogP contribution in [-0.4, -0.2) is 19.0 Å². The van der Waals surface area contributed by atoms with E-state index in [0.29, 0.717) is 5.02 Å². The number of amides is 1. The Kier molecular flexibility index (Phi) is 4.72. The number of benzene rings is 2. The molecule has 2 fully saturated rings. The van der Waals surface area contributed by atoms with E-state index in [2.05, 4.69) is 10.6 Å².